The predicted molar refractivity (Wildman–Crippen MR) is 134 cm³/mol. The maximum atomic E-state index is 15.6. The number of aromatic nitrogens is 3. The maximum Gasteiger partial charge on any atom is 0.341 e. The number of carbonyl (C=O) groups is 2. The second-order valence-electron chi connectivity index (χ2n) is 8.85. The molecule has 10 heteroatoms. The van der Waals surface area contributed by atoms with E-state index in [2.05, 4.69) is 15.4 Å². The van der Waals surface area contributed by atoms with Crippen molar-refractivity contribution >= 4 is 40.6 Å². The van der Waals surface area contributed by atoms with Crippen LogP contribution in [0.1, 0.15) is 44.7 Å². The summed E-state index contributed by atoms with van der Waals surface area (Å²) in [4.78, 5) is 31.1. The number of anilines is 2. The Kier molecular flexibility index (Phi) is 6.09. The molecule has 0 spiro atoms. The van der Waals surface area contributed by atoms with Crippen LogP contribution in [0.3, 0.4) is 0 Å². The molecule has 36 heavy (non-hydrogen) atoms. The third kappa shape index (κ3) is 4.26. The number of alkyl halides is 1. The zero-order valence-corrected chi connectivity index (χ0v) is 20.2. The van der Waals surface area contributed by atoms with E-state index in [0.29, 0.717) is 16.3 Å². The van der Waals surface area contributed by atoms with Gasteiger partial charge in [-0.25, -0.2) is 14.2 Å². The molecule has 0 unspecified atom stereocenters. The molecule has 2 N–H and O–H groups in total. The lowest BCUT2D eigenvalue weighted by Gasteiger charge is -2.37. The highest BCUT2D eigenvalue weighted by Crippen LogP contribution is 2.38. The van der Waals surface area contributed by atoms with Gasteiger partial charge < -0.3 is 15.3 Å². The topological polar surface area (TPSA) is 99.8 Å². The van der Waals surface area contributed by atoms with Crippen molar-refractivity contribution in [3.63, 3.8) is 0 Å². The molecule has 3 heterocycles. The summed E-state index contributed by atoms with van der Waals surface area (Å²) in [6.07, 6.45) is 2.83. The van der Waals surface area contributed by atoms with E-state index in [0.717, 1.165) is 5.56 Å². The van der Waals surface area contributed by atoms with E-state index in [1.807, 2.05) is 25.1 Å². The molecular formula is C26H23ClFN5O3. The van der Waals surface area contributed by atoms with Gasteiger partial charge in [-0.3, -0.25) is 4.79 Å². The molecule has 0 bridgehead atoms. The Morgan fingerprint density at radius 3 is 2.50 bits per heavy atom. The number of benzene rings is 2. The molecule has 1 aliphatic rings. The largest absolute Gasteiger partial charge is 0.477 e. The molecule has 1 aliphatic heterocycles. The van der Waals surface area contributed by atoms with Crippen molar-refractivity contribution in [2.75, 3.05) is 18.4 Å². The summed E-state index contributed by atoms with van der Waals surface area (Å²) in [6.45, 7) is 2.33. The van der Waals surface area contributed by atoms with Gasteiger partial charge >= 0.3 is 5.97 Å². The van der Waals surface area contributed by atoms with Gasteiger partial charge in [0.05, 0.1) is 16.9 Å². The number of aromatic carboxylic acids is 1. The summed E-state index contributed by atoms with van der Waals surface area (Å²) in [5.41, 5.74) is 0.709. The third-order valence-electron chi connectivity index (χ3n) is 6.50. The molecule has 2 aromatic carbocycles. The van der Waals surface area contributed by atoms with Crippen molar-refractivity contribution in [1.82, 2.24) is 19.5 Å². The van der Waals surface area contributed by atoms with Gasteiger partial charge in [-0.15, -0.1) is 0 Å². The van der Waals surface area contributed by atoms with Crippen LogP contribution in [0.2, 0.25) is 5.02 Å². The minimum absolute atomic E-state index is 0.0795. The van der Waals surface area contributed by atoms with E-state index in [-0.39, 0.29) is 54.4 Å². The number of nitrogens with one attached hydrogen (secondary N) is 1. The van der Waals surface area contributed by atoms with E-state index >= 15 is 4.39 Å². The number of halogens is 2. The fourth-order valence-electron chi connectivity index (χ4n) is 4.48. The van der Waals surface area contributed by atoms with Crippen LogP contribution in [-0.2, 0) is 5.67 Å². The summed E-state index contributed by atoms with van der Waals surface area (Å²) < 4.78 is 16.9. The van der Waals surface area contributed by atoms with Gasteiger partial charge in [0.2, 0.25) is 0 Å². The minimum atomic E-state index is -1.51. The summed E-state index contributed by atoms with van der Waals surface area (Å²) >= 11 is 6.38. The zero-order valence-electron chi connectivity index (χ0n) is 19.4. The number of rotatable bonds is 5. The normalized spacial score (nSPS) is 15.1. The molecule has 5 rings (SSSR count). The lowest BCUT2D eigenvalue weighted by Crippen LogP contribution is -2.43. The molecule has 0 atom stereocenters. The van der Waals surface area contributed by atoms with Gasteiger partial charge in [-0.1, -0.05) is 48.0 Å². The Morgan fingerprint density at radius 2 is 1.81 bits per heavy atom. The van der Waals surface area contributed by atoms with Crippen LogP contribution < -0.4 is 5.32 Å². The van der Waals surface area contributed by atoms with Crippen LogP contribution in [0.25, 0.3) is 5.65 Å². The number of hydrogen-bond donors (Lipinski definition) is 2. The van der Waals surface area contributed by atoms with Crippen LogP contribution >= 0.6 is 11.6 Å². The fourth-order valence-corrected chi connectivity index (χ4v) is 4.65. The van der Waals surface area contributed by atoms with Crippen molar-refractivity contribution < 1.29 is 19.1 Å². The molecule has 1 saturated heterocycles. The van der Waals surface area contributed by atoms with Gasteiger partial charge in [0.15, 0.2) is 5.65 Å². The second-order valence-corrected chi connectivity index (χ2v) is 9.26. The Balaban J connectivity index is 1.50. The number of carbonyl (C=O) groups excluding carboxylic acids is 1. The Labute approximate surface area is 211 Å². The maximum absolute atomic E-state index is 15.6. The van der Waals surface area contributed by atoms with Gasteiger partial charge in [0.1, 0.15) is 22.6 Å². The fraction of sp³-hybridized carbons (Fsp3) is 0.231. The number of aryl methyl sites for hydroxylation is 1. The quantitative estimate of drug-likeness (QED) is 0.383. The van der Waals surface area contributed by atoms with Crippen molar-refractivity contribution in [3.8, 4) is 0 Å². The van der Waals surface area contributed by atoms with E-state index in [1.165, 1.54) is 16.9 Å². The Morgan fingerprint density at radius 1 is 1.08 bits per heavy atom. The highest BCUT2D eigenvalue weighted by molar-refractivity contribution is 6.33. The summed E-state index contributed by atoms with van der Waals surface area (Å²) in [5, 5.41) is 17.3. The van der Waals surface area contributed by atoms with Crippen LogP contribution in [-0.4, -0.2) is 49.6 Å². The molecule has 0 radical (unpaired) electrons. The number of piperidine rings is 1. The average molecular weight is 508 g/mol. The zero-order chi connectivity index (χ0) is 25.4. The highest BCUT2D eigenvalue weighted by Gasteiger charge is 2.38. The first-order chi connectivity index (χ1) is 17.3. The average Bonchev–Trinajstić information content (AvgIpc) is 3.32. The third-order valence-corrected chi connectivity index (χ3v) is 6.83. The molecule has 0 saturated carbocycles. The first kappa shape index (κ1) is 23.7. The van der Waals surface area contributed by atoms with E-state index in [9.17, 15) is 14.7 Å². The van der Waals surface area contributed by atoms with Crippen LogP contribution in [0.5, 0.6) is 0 Å². The van der Waals surface area contributed by atoms with Crippen LogP contribution in [0.4, 0.5) is 15.9 Å². The number of hydrogen-bond acceptors (Lipinski definition) is 5. The molecule has 1 amide bonds. The Bertz CT molecular complexity index is 1470. The molecule has 4 aromatic rings. The van der Waals surface area contributed by atoms with Crippen molar-refractivity contribution in [2.45, 2.75) is 25.4 Å². The van der Waals surface area contributed by atoms with E-state index < -0.39 is 11.6 Å². The Hall–Kier alpha value is -3.98. The minimum Gasteiger partial charge on any atom is -0.477 e. The number of carboxylic acid groups (broad SMARTS) is 1. The number of nitrogens with zero attached hydrogens (tertiary/aromatic N) is 4. The number of likely N-dealkylation sites (tertiary alicyclic amines) is 1. The second kappa shape index (κ2) is 9.23. The van der Waals surface area contributed by atoms with Crippen molar-refractivity contribution in [1.29, 1.82) is 0 Å². The monoisotopic (exact) mass is 507 g/mol. The number of carboxylic acids is 1. The summed E-state index contributed by atoms with van der Waals surface area (Å²) in [7, 11) is 0. The molecule has 2 aromatic heterocycles. The molecular weight excluding hydrogens is 485 g/mol. The van der Waals surface area contributed by atoms with Crippen LogP contribution in [0.15, 0.2) is 60.9 Å². The molecule has 8 nitrogen and oxygen atoms in total. The number of amides is 1. The van der Waals surface area contributed by atoms with E-state index in [1.54, 1.807) is 35.2 Å². The standard InChI is InChI=1S/C26H23ClFN5O3/c1-16-7-8-20(27)21(13-16)31-23-18(14-29-22-19(25(35)36)15-30-33(22)23)24(34)32-11-9-26(28,10-12-32)17-5-3-2-4-6-17/h2-8,13-15,31H,9-12H2,1H3,(H,35,36). The molecule has 184 valence electrons. The first-order valence-corrected chi connectivity index (χ1v) is 11.8. The first-order valence-electron chi connectivity index (χ1n) is 11.4. The van der Waals surface area contributed by atoms with Gasteiger partial charge in [-0.05, 0) is 30.2 Å². The van der Waals surface area contributed by atoms with Gasteiger partial charge in [0.25, 0.3) is 5.91 Å². The lowest BCUT2D eigenvalue weighted by atomic mass is 9.86. The summed E-state index contributed by atoms with van der Waals surface area (Å²) in [5.74, 6) is -1.32. The smallest absolute Gasteiger partial charge is 0.341 e. The lowest BCUT2D eigenvalue weighted by molar-refractivity contribution is 0.0421. The molecule has 1 fully saturated rings. The van der Waals surface area contributed by atoms with Crippen molar-refractivity contribution in [3.05, 3.63) is 88.2 Å². The van der Waals surface area contributed by atoms with Gasteiger partial charge in [0, 0.05) is 32.1 Å². The van der Waals surface area contributed by atoms with Gasteiger partial charge in [-0.2, -0.15) is 9.61 Å². The SMILES string of the molecule is Cc1ccc(Cl)c(Nc2c(C(=O)N3CCC(F)(c4ccccc4)CC3)cnc3c(C(=O)O)cnn23)c1. The van der Waals surface area contributed by atoms with E-state index in [4.69, 9.17) is 11.6 Å². The summed E-state index contributed by atoms with van der Waals surface area (Å²) in [6, 6.07) is 14.4. The van der Waals surface area contributed by atoms with Crippen molar-refractivity contribution in [2.24, 2.45) is 0 Å². The highest BCUT2D eigenvalue weighted by atomic mass is 35.5. The predicted octanol–water partition coefficient (Wildman–Crippen LogP) is 5.23. The number of fused-ring (bicyclic) bond motifs is 1. The molecule has 0 aliphatic carbocycles. The van der Waals surface area contributed by atoms with Crippen LogP contribution in [0, 0.1) is 6.92 Å².